The van der Waals surface area contributed by atoms with Gasteiger partial charge in [0.05, 0.1) is 12.2 Å². The summed E-state index contributed by atoms with van der Waals surface area (Å²) in [6.07, 6.45) is -0.164. The zero-order valence-electron chi connectivity index (χ0n) is 15.4. The van der Waals surface area contributed by atoms with Crippen molar-refractivity contribution >= 4 is 5.91 Å². The summed E-state index contributed by atoms with van der Waals surface area (Å²) < 4.78 is 44.6. The number of likely N-dealkylation sites (tertiary alicyclic amines) is 1. The van der Waals surface area contributed by atoms with Gasteiger partial charge in [-0.05, 0) is 50.2 Å². The number of fused-ring (bicyclic) bond motifs is 1. The second-order valence-electron chi connectivity index (χ2n) is 7.42. The molecule has 1 aliphatic heterocycles. The first kappa shape index (κ1) is 18.8. The topological polar surface area (TPSA) is 58.2 Å². The highest BCUT2D eigenvalue weighted by atomic mass is 19.4. The quantitative estimate of drug-likeness (QED) is 0.859. The number of para-hydroxylation sites is 1. The number of alkyl halides is 3. The Balaban J connectivity index is 1.32. The number of ether oxygens (including phenoxy) is 1. The highest BCUT2D eigenvalue weighted by molar-refractivity contribution is 5.94. The van der Waals surface area contributed by atoms with Gasteiger partial charge in [0.2, 0.25) is 0 Å². The summed E-state index contributed by atoms with van der Waals surface area (Å²) in [6, 6.07) is 5.26. The van der Waals surface area contributed by atoms with Crippen LogP contribution in [0.15, 0.2) is 24.3 Å². The summed E-state index contributed by atoms with van der Waals surface area (Å²) >= 11 is 0. The number of benzene rings is 1. The monoisotopic (exact) mass is 393 g/mol. The van der Waals surface area contributed by atoms with E-state index in [0.29, 0.717) is 31.6 Å². The Hall–Kier alpha value is -2.51. The molecule has 0 radical (unpaired) electrons. The summed E-state index contributed by atoms with van der Waals surface area (Å²) in [7, 11) is 0. The Morgan fingerprint density at radius 3 is 2.71 bits per heavy atom. The molecule has 1 aromatic heterocycles. The largest absolute Gasteiger partial charge is 0.493 e. The Bertz CT molecular complexity index is 855. The van der Waals surface area contributed by atoms with Crippen LogP contribution in [-0.4, -0.2) is 40.7 Å². The zero-order chi connectivity index (χ0) is 19.7. The van der Waals surface area contributed by atoms with Gasteiger partial charge in [0, 0.05) is 24.3 Å². The summed E-state index contributed by atoms with van der Waals surface area (Å²) in [5.74, 6) is -0.0722. The van der Waals surface area contributed by atoms with Crippen LogP contribution in [0.2, 0.25) is 0 Å². The molecule has 0 bridgehead atoms. The van der Waals surface area contributed by atoms with E-state index in [4.69, 9.17) is 4.74 Å². The number of rotatable bonds is 4. The fourth-order valence-electron chi connectivity index (χ4n) is 3.98. The number of aryl methyl sites for hydroxylation is 1. The average Bonchev–Trinajstić information content (AvgIpc) is 3.29. The maximum atomic E-state index is 13.1. The number of piperidine rings is 1. The number of aromatic nitrogens is 2. The van der Waals surface area contributed by atoms with E-state index in [1.807, 2.05) is 0 Å². The highest BCUT2D eigenvalue weighted by Crippen LogP contribution is 2.36. The molecule has 1 N–H and O–H groups in total. The van der Waals surface area contributed by atoms with E-state index in [1.54, 1.807) is 4.90 Å². The molecule has 1 amide bonds. The molecular weight excluding hydrogens is 371 g/mol. The summed E-state index contributed by atoms with van der Waals surface area (Å²) in [5.41, 5.74) is 1.88. The highest BCUT2D eigenvalue weighted by Gasteiger charge is 2.34. The molecule has 0 saturated carbocycles. The van der Waals surface area contributed by atoms with Crippen molar-refractivity contribution in [1.82, 2.24) is 15.1 Å². The Labute approximate surface area is 160 Å². The number of nitrogens with zero attached hydrogens (tertiary/aromatic N) is 2. The smallest absolute Gasteiger partial charge is 0.419 e. The maximum absolute atomic E-state index is 13.1. The number of carbonyl (C=O) groups excluding carboxylic acids is 1. The van der Waals surface area contributed by atoms with Crippen LogP contribution in [0.1, 0.15) is 46.6 Å². The molecule has 2 aromatic rings. The Morgan fingerprint density at radius 2 is 1.96 bits per heavy atom. The van der Waals surface area contributed by atoms with Crippen molar-refractivity contribution in [1.29, 1.82) is 0 Å². The van der Waals surface area contributed by atoms with Crippen LogP contribution in [0.4, 0.5) is 13.2 Å². The summed E-state index contributed by atoms with van der Waals surface area (Å²) in [5, 5.41) is 7.15. The van der Waals surface area contributed by atoms with Gasteiger partial charge in [0.15, 0.2) is 5.69 Å². The molecule has 1 fully saturated rings. The van der Waals surface area contributed by atoms with Crippen LogP contribution in [0.3, 0.4) is 0 Å². The van der Waals surface area contributed by atoms with Gasteiger partial charge >= 0.3 is 6.18 Å². The third-order valence-electron chi connectivity index (χ3n) is 5.58. The normalized spacial score (nSPS) is 17.6. The van der Waals surface area contributed by atoms with Crippen molar-refractivity contribution in [3.63, 3.8) is 0 Å². The molecule has 1 aromatic carbocycles. The van der Waals surface area contributed by atoms with Crippen LogP contribution >= 0.6 is 0 Å². The van der Waals surface area contributed by atoms with Gasteiger partial charge in [-0.25, -0.2) is 0 Å². The third-order valence-corrected chi connectivity index (χ3v) is 5.58. The average molecular weight is 393 g/mol. The molecule has 8 heteroatoms. The van der Waals surface area contributed by atoms with E-state index in [2.05, 4.69) is 10.2 Å². The second kappa shape index (κ2) is 7.48. The summed E-state index contributed by atoms with van der Waals surface area (Å²) in [4.78, 5) is 14.5. The van der Waals surface area contributed by atoms with E-state index in [9.17, 15) is 18.0 Å². The van der Waals surface area contributed by atoms with Crippen LogP contribution in [0, 0.1) is 5.92 Å². The number of hydrogen-bond donors (Lipinski definition) is 1. The molecule has 2 aliphatic rings. The predicted molar refractivity (Wildman–Crippen MR) is 96.2 cm³/mol. The van der Waals surface area contributed by atoms with Crippen LogP contribution in [-0.2, 0) is 19.0 Å². The molecule has 0 atom stereocenters. The Kier molecular flexibility index (Phi) is 5.03. The van der Waals surface area contributed by atoms with Crippen molar-refractivity contribution < 1.29 is 22.7 Å². The van der Waals surface area contributed by atoms with Crippen LogP contribution in [0.5, 0.6) is 5.75 Å². The van der Waals surface area contributed by atoms with Crippen molar-refractivity contribution in [2.24, 2.45) is 5.92 Å². The SMILES string of the molecule is O=C(c1n[nH]c2c1CCC2)N1CCC(COc2ccccc2C(F)(F)F)CC1. The zero-order valence-corrected chi connectivity index (χ0v) is 15.4. The predicted octanol–water partition coefficient (Wildman–Crippen LogP) is 3.85. The minimum atomic E-state index is -4.43. The van der Waals surface area contributed by atoms with Gasteiger partial charge in [-0.15, -0.1) is 0 Å². The van der Waals surface area contributed by atoms with Gasteiger partial charge in [0.25, 0.3) is 5.91 Å². The lowest BCUT2D eigenvalue weighted by Crippen LogP contribution is -2.40. The fraction of sp³-hybridized carbons (Fsp3) is 0.500. The molecule has 1 aliphatic carbocycles. The number of amides is 1. The molecule has 1 saturated heterocycles. The van der Waals surface area contributed by atoms with E-state index in [-0.39, 0.29) is 24.2 Å². The van der Waals surface area contributed by atoms with Gasteiger partial charge in [-0.3, -0.25) is 9.89 Å². The lowest BCUT2D eigenvalue weighted by Gasteiger charge is -2.31. The molecule has 5 nitrogen and oxygen atoms in total. The number of carbonyl (C=O) groups is 1. The summed E-state index contributed by atoms with van der Waals surface area (Å²) in [6.45, 7) is 1.34. The molecule has 28 heavy (non-hydrogen) atoms. The molecule has 0 spiro atoms. The van der Waals surface area contributed by atoms with Gasteiger partial charge in [0.1, 0.15) is 5.75 Å². The lowest BCUT2D eigenvalue weighted by atomic mass is 9.97. The maximum Gasteiger partial charge on any atom is 0.419 e. The number of nitrogens with one attached hydrogen (secondary N) is 1. The van der Waals surface area contributed by atoms with Gasteiger partial charge in [-0.2, -0.15) is 18.3 Å². The van der Waals surface area contributed by atoms with E-state index in [0.717, 1.165) is 36.6 Å². The lowest BCUT2D eigenvalue weighted by molar-refractivity contribution is -0.139. The second-order valence-corrected chi connectivity index (χ2v) is 7.42. The van der Waals surface area contributed by atoms with E-state index in [1.165, 1.54) is 18.2 Å². The molecule has 4 rings (SSSR count). The number of aromatic amines is 1. The van der Waals surface area contributed by atoms with Crippen molar-refractivity contribution in [3.8, 4) is 5.75 Å². The van der Waals surface area contributed by atoms with Crippen molar-refractivity contribution in [3.05, 3.63) is 46.8 Å². The first-order valence-electron chi connectivity index (χ1n) is 9.58. The molecule has 2 heterocycles. The number of H-pyrrole nitrogens is 1. The standard InChI is InChI=1S/C20H22F3N3O2/c21-20(22,23)15-5-1-2-7-17(15)28-12-13-8-10-26(11-9-13)19(27)18-14-4-3-6-16(14)24-25-18/h1-2,5,7,13H,3-4,6,8-12H2,(H,24,25). The first-order chi connectivity index (χ1) is 13.4. The van der Waals surface area contributed by atoms with Crippen molar-refractivity contribution in [2.45, 2.75) is 38.3 Å². The minimum absolute atomic E-state index is 0.0545. The molecule has 0 unspecified atom stereocenters. The van der Waals surface area contributed by atoms with Crippen LogP contribution in [0.25, 0.3) is 0 Å². The van der Waals surface area contributed by atoms with E-state index < -0.39 is 11.7 Å². The molecule has 150 valence electrons. The fourth-order valence-corrected chi connectivity index (χ4v) is 3.98. The molecular formula is C20H22F3N3O2. The number of halogens is 3. The van der Waals surface area contributed by atoms with Crippen molar-refractivity contribution in [2.75, 3.05) is 19.7 Å². The van der Waals surface area contributed by atoms with Gasteiger partial charge in [-0.1, -0.05) is 12.1 Å². The van der Waals surface area contributed by atoms with E-state index >= 15 is 0 Å². The first-order valence-corrected chi connectivity index (χ1v) is 9.58. The van der Waals surface area contributed by atoms with Gasteiger partial charge < -0.3 is 9.64 Å². The minimum Gasteiger partial charge on any atom is -0.493 e. The number of hydrogen-bond acceptors (Lipinski definition) is 3. The van der Waals surface area contributed by atoms with Crippen LogP contribution < -0.4 is 4.74 Å². The third kappa shape index (κ3) is 3.72. The Morgan fingerprint density at radius 1 is 1.21 bits per heavy atom.